The predicted molar refractivity (Wildman–Crippen MR) is 73.7 cm³/mol. The maximum absolute atomic E-state index is 13.1. The smallest absolute Gasteiger partial charge is 0.189 e. The Hall–Kier alpha value is -0.393. The van der Waals surface area contributed by atoms with Crippen LogP contribution in [-0.2, 0) is 4.74 Å². The summed E-state index contributed by atoms with van der Waals surface area (Å²) in [7, 11) is -1.06. The van der Waals surface area contributed by atoms with Gasteiger partial charge in [-0.25, -0.2) is 4.39 Å². The first-order valence-corrected chi connectivity index (χ1v) is 10.0. The number of benzene rings is 1. The Morgan fingerprint density at radius 2 is 2.00 bits per heavy atom. The molecule has 0 aliphatic heterocycles. The molecule has 0 N–H and O–H groups in total. The third-order valence-corrected chi connectivity index (χ3v) is 4.68. The fraction of sp³-hybridized carbons (Fsp3) is 0.500. The molecule has 17 heavy (non-hydrogen) atoms. The second kappa shape index (κ2) is 6.52. The van der Waals surface area contributed by atoms with Gasteiger partial charge in [0.1, 0.15) is 11.6 Å². The first kappa shape index (κ1) is 14.7. The summed E-state index contributed by atoms with van der Waals surface area (Å²) in [4.78, 5) is 0. The second-order valence-corrected chi connectivity index (χ2v) is 11.4. The van der Waals surface area contributed by atoms with Gasteiger partial charge in [-0.15, -0.1) is 0 Å². The number of ether oxygens (including phenoxy) is 2. The maximum atomic E-state index is 13.1. The van der Waals surface area contributed by atoms with Crippen molar-refractivity contribution in [3.05, 3.63) is 28.5 Å². The molecule has 0 fully saturated rings. The topological polar surface area (TPSA) is 18.5 Å². The van der Waals surface area contributed by atoms with Crippen LogP contribution in [0.5, 0.6) is 5.75 Å². The van der Waals surface area contributed by atoms with Crippen molar-refractivity contribution in [2.75, 3.05) is 13.4 Å². The molecular weight excluding hydrogens is 303 g/mol. The molecule has 0 bridgehead atoms. The molecule has 0 amide bonds. The summed E-state index contributed by atoms with van der Waals surface area (Å²) in [6, 6.07) is 5.79. The number of halogens is 2. The van der Waals surface area contributed by atoms with Crippen molar-refractivity contribution in [1.82, 2.24) is 0 Å². The fourth-order valence-electron chi connectivity index (χ4n) is 1.14. The van der Waals surface area contributed by atoms with Crippen LogP contribution in [0.4, 0.5) is 4.39 Å². The molecule has 2 nitrogen and oxygen atoms in total. The van der Waals surface area contributed by atoms with Gasteiger partial charge in [-0.1, -0.05) is 25.7 Å². The van der Waals surface area contributed by atoms with Crippen LogP contribution >= 0.6 is 15.9 Å². The van der Waals surface area contributed by atoms with Gasteiger partial charge in [0.25, 0.3) is 0 Å². The monoisotopic (exact) mass is 320 g/mol. The zero-order chi connectivity index (χ0) is 12.9. The highest BCUT2D eigenvalue weighted by atomic mass is 79.9. The van der Waals surface area contributed by atoms with Crippen LogP contribution in [0.25, 0.3) is 0 Å². The second-order valence-electron chi connectivity index (χ2n) is 5.03. The predicted octanol–water partition coefficient (Wildman–Crippen LogP) is 4.28. The third-order valence-electron chi connectivity index (χ3n) is 2.21. The van der Waals surface area contributed by atoms with Crippen LogP contribution in [0.15, 0.2) is 22.7 Å². The van der Waals surface area contributed by atoms with E-state index in [4.69, 9.17) is 9.47 Å². The molecular formula is C12H18BrFO2Si. The van der Waals surface area contributed by atoms with Gasteiger partial charge < -0.3 is 9.47 Å². The summed E-state index contributed by atoms with van der Waals surface area (Å²) >= 11 is 3.13. The molecule has 0 saturated heterocycles. The summed E-state index contributed by atoms with van der Waals surface area (Å²) in [6.45, 7) is 7.73. The first-order valence-electron chi connectivity index (χ1n) is 5.55. The molecule has 5 heteroatoms. The van der Waals surface area contributed by atoms with Gasteiger partial charge in [0.2, 0.25) is 0 Å². The number of hydrogen-bond donors (Lipinski definition) is 0. The quantitative estimate of drug-likeness (QED) is 0.442. The van der Waals surface area contributed by atoms with Crippen LogP contribution < -0.4 is 4.74 Å². The van der Waals surface area contributed by atoms with Crippen molar-refractivity contribution in [3.63, 3.8) is 0 Å². The lowest BCUT2D eigenvalue weighted by Gasteiger charge is -2.15. The lowest BCUT2D eigenvalue weighted by atomic mass is 10.3. The molecule has 0 aliphatic rings. The minimum atomic E-state index is -1.06. The van der Waals surface area contributed by atoms with E-state index >= 15 is 0 Å². The number of rotatable bonds is 6. The molecule has 0 atom stereocenters. The van der Waals surface area contributed by atoms with Crippen LogP contribution in [0.1, 0.15) is 0 Å². The van der Waals surface area contributed by atoms with E-state index in [1.165, 1.54) is 6.07 Å². The van der Waals surface area contributed by atoms with E-state index < -0.39 is 8.07 Å². The van der Waals surface area contributed by atoms with E-state index in [9.17, 15) is 4.39 Å². The molecule has 1 aromatic rings. The Bertz CT molecular complexity index is 366. The molecule has 0 unspecified atom stereocenters. The molecule has 0 aliphatic carbocycles. The SMILES string of the molecule is C[Si](C)(C)CCOCOc1cccc(F)c1Br. The molecule has 0 heterocycles. The zero-order valence-electron chi connectivity index (χ0n) is 10.4. The summed E-state index contributed by atoms with van der Waals surface area (Å²) in [6.07, 6.45) is 0. The summed E-state index contributed by atoms with van der Waals surface area (Å²) < 4.78 is 24.2. The fourth-order valence-corrected chi connectivity index (χ4v) is 2.27. The van der Waals surface area contributed by atoms with E-state index in [1.54, 1.807) is 12.1 Å². The van der Waals surface area contributed by atoms with Gasteiger partial charge in [-0.2, -0.15) is 0 Å². The standard InChI is InChI=1S/C12H18BrFO2Si/c1-17(2,3)8-7-15-9-16-11-6-4-5-10(14)12(11)13/h4-6H,7-9H2,1-3H3. The lowest BCUT2D eigenvalue weighted by Crippen LogP contribution is -2.22. The van der Waals surface area contributed by atoms with Gasteiger partial charge in [0.15, 0.2) is 6.79 Å². The van der Waals surface area contributed by atoms with Gasteiger partial charge in [-0.05, 0) is 34.1 Å². The van der Waals surface area contributed by atoms with Crippen molar-refractivity contribution >= 4 is 24.0 Å². The van der Waals surface area contributed by atoms with E-state index in [-0.39, 0.29) is 12.6 Å². The molecule has 96 valence electrons. The summed E-state index contributed by atoms with van der Waals surface area (Å²) in [5, 5.41) is 0. The Labute approximate surface area is 111 Å². The van der Waals surface area contributed by atoms with Crippen LogP contribution in [0, 0.1) is 5.82 Å². The molecule has 1 rings (SSSR count). The van der Waals surface area contributed by atoms with E-state index in [0.717, 1.165) is 6.04 Å². The van der Waals surface area contributed by atoms with Crippen LogP contribution in [0.2, 0.25) is 25.7 Å². The molecule has 0 radical (unpaired) electrons. The highest BCUT2D eigenvalue weighted by Crippen LogP contribution is 2.27. The van der Waals surface area contributed by atoms with E-state index in [0.29, 0.717) is 16.8 Å². The van der Waals surface area contributed by atoms with E-state index in [2.05, 4.69) is 35.6 Å². The number of hydrogen-bond acceptors (Lipinski definition) is 2. The first-order chi connectivity index (χ1) is 7.90. The van der Waals surface area contributed by atoms with E-state index in [1.807, 2.05) is 0 Å². The average Bonchev–Trinajstić information content (AvgIpc) is 2.22. The largest absolute Gasteiger partial charge is 0.466 e. The van der Waals surface area contributed by atoms with Gasteiger partial charge in [-0.3, -0.25) is 0 Å². The summed E-state index contributed by atoms with van der Waals surface area (Å²) in [5.41, 5.74) is 0. The zero-order valence-corrected chi connectivity index (χ0v) is 13.0. The lowest BCUT2D eigenvalue weighted by molar-refractivity contribution is 0.0214. The molecule has 1 aromatic carbocycles. The Balaban J connectivity index is 2.29. The Morgan fingerprint density at radius 1 is 1.29 bits per heavy atom. The Kier molecular flexibility index (Phi) is 5.62. The van der Waals surface area contributed by atoms with Gasteiger partial charge in [0.05, 0.1) is 4.47 Å². The highest BCUT2D eigenvalue weighted by molar-refractivity contribution is 9.10. The van der Waals surface area contributed by atoms with Gasteiger partial charge in [0, 0.05) is 14.7 Å². The van der Waals surface area contributed by atoms with Crippen molar-refractivity contribution in [2.24, 2.45) is 0 Å². The molecule has 0 spiro atoms. The van der Waals surface area contributed by atoms with Crippen molar-refractivity contribution < 1.29 is 13.9 Å². The highest BCUT2D eigenvalue weighted by Gasteiger charge is 2.12. The Morgan fingerprint density at radius 3 is 2.65 bits per heavy atom. The summed E-state index contributed by atoms with van der Waals surface area (Å²) in [5.74, 6) is 0.141. The van der Waals surface area contributed by atoms with Crippen molar-refractivity contribution in [1.29, 1.82) is 0 Å². The van der Waals surface area contributed by atoms with Crippen molar-refractivity contribution in [3.8, 4) is 5.75 Å². The van der Waals surface area contributed by atoms with Gasteiger partial charge >= 0.3 is 0 Å². The molecule has 0 saturated carbocycles. The third kappa shape index (κ3) is 5.65. The van der Waals surface area contributed by atoms with Crippen molar-refractivity contribution in [2.45, 2.75) is 25.7 Å². The normalized spacial score (nSPS) is 11.6. The minimum Gasteiger partial charge on any atom is -0.466 e. The van der Waals surface area contributed by atoms with Crippen LogP contribution in [-0.4, -0.2) is 21.5 Å². The molecule has 0 aromatic heterocycles. The van der Waals surface area contributed by atoms with Crippen LogP contribution in [0.3, 0.4) is 0 Å². The minimum absolute atomic E-state index is 0.159. The maximum Gasteiger partial charge on any atom is 0.189 e. The average molecular weight is 321 g/mol.